The second-order valence-electron chi connectivity index (χ2n) is 4.07. The number of rotatable bonds is 3. The van der Waals surface area contributed by atoms with Crippen LogP contribution in [0.3, 0.4) is 0 Å². The molecular weight excluding hydrogens is 276 g/mol. The highest BCUT2D eigenvalue weighted by Gasteiger charge is 2.31. The maximum Gasteiger partial charge on any atom is 0.573 e. The van der Waals surface area contributed by atoms with Gasteiger partial charge in [0.2, 0.25) is 0 Å². The van der Waals surface area contributed by atoms with Gasteiger partial charge in [-0.1, -0.05) is 24.3 Å². The molecule has 0 aliphatic rings. The van der Waals surface area contributed by atoms with Gasteiger partial charge in [0.05, 0.1) is 0 Å². The van der Waals surface area contributed by atoms with E-state index in [1.165, 1.54) is 30.3 Å². The molecule has 1 unspecified atom stereocenters. The van der Waals surface area contributed by atoms with Gasteiger partial charge in [0.25, 0.3) is 0 Å². The highest BCUT2D eigenvalue weighted by molar-refractivity contribution is 5.34. The Morgan fingerprint density at radius 1 is 0.950 bits per heavy atom. The van der Waals surface area contributed by atoms with Crippen LogP contribution in [-0.4, -0.2) is 11.5 Å². The van der Waals surface area contributed by atoms with Crippen LogP contribution in [0.2, 0.25) is 0 Å². The maximum absolute atomic E-state index is 13.0. The minimum Gasteiger partial charge on any atom is -0.406 e. The molecule has 0 aliphatic heterocycles. The SMILES string of the molecule is OC(c1ccc(OC(F)(F)F)cc1)c1cccc(F)c1. The molecule has 0 amide bonds. The van der Waals surface area contributed by atoms with Crippen LogP contribution in [0.5, 0.6) is 5.75 Å². The normalized spacial score (nSPS) is 13.1. The topological polar surface area (TPSA) is 29.5 Å². The number of benzene rings is 2. The second-order valence-corrected chi connectivity index (χ2v) is 4.07. The van der Waals surface area contributed by atoms with E-state index in [1.807, 2.05) is 0 Å². The lowest BCUT2D eigenvalue weighted by molar-refractivity contribution is -0.274. The fourth-order valence-electron chi connectivity index (χ4n) is 1.72. The Balaban J connectivity index is 2.17. The van der Waals surface area contributed by atoms with Crippen LogP contribution in [0.15, 0.2) is 48.5 Å². The third kappa shape index (κ3) is 3.71. The first-order valence-corrected chi connectivity index (χ1v) is 5.64. The Kier molecular flexibility index (Phi) is 3.94. The Labute approximate surface area is 112 Å². The van der Waals surface area contributed by atoms with Gasteiger partial charge in [0.15, 0.2) is 0 Å². The Morgan fingerprint density at radius 2 is 1.60 bits per heavy atom. The number of ether oxygens (including phenoxy) is 1. The molecular formula is C14H10F4O2. The summed E-state index contributed by atoms with van der Waals surface area (Å²) in [6.07, 6.45) is -5.88. The third-order valence-corrected chi connectivity index (χ3v) is 2.59. The lowest BCUT2D eigenvalue weighted by Crippen LogP contribution is -2.17. The van der Waals surface area contributed by atoms with Gasteiger partial charge in [-0.2, -0.15) is 0 Å². The first kappa shape index (κ1) is 14.3. The van der Waals surface area contributed by atoms with Crippen molar-refractivity contribution >= 4 is 0 Å². The van der Waals surface area contributed by atoms with Crippen molar-refractivity contribution in [2.75, 3.05) is 0 Å². The molecule has 2 rings (SSSR count). The fourth-order valence-corrected chi connectivity index (χ4v) is 1.72. The number of hydrogen-bond acceptors (Lipinski definition) is 2. The second kappa shape index (κ2) is 5.50. The van der Waals surface area contributed by atoms with E-state index in [1.54, 1.807) is 0 Å². The maximum atomic E-state index is 13.0. The van der Waals surface area contributed by atoms with E-state index < -0.39 is 18.3 Å². The number of aliphatic hydroxyl groups excluding tert-OH is 1. The van der Waals surface area contributed by atoms with Gasteiger partial charge in [0, 0.05) is 0 Å². The van der Waals surface area contributed by atoms with Crippen LogP contribution < -0.4 is 4.74 Å². The summed E-state index contributed by atoms with van der Waals surface area (Å²) in [5, 5.41) is 10.0. The lowest BCUT2D eigenvalue weighted by Gasteiger charge is -2.13. The zero-order valence-corrected chi connectivity index (χ0v) is 10.1. The first-order chi connectivity index (χ1) is 9.35. The molecule has 0 bridgehead atoms. The molecule has 0 saturated heterocycles. The van der Waals surface area contributed by atoms with Crippen molar-refractivity contribution in [3.8, 4) is 5.75 Å². The summed E-state index contributed by atoms with van der Waals surface area (Å²) in [6, 6.07) is 10.1. The summed E-state index contributed by atoms with van der Waals surface area (Å²) < 4.78 is 52.7. The van der Waals surface area contributed by atoms with E-state index >= 15 is 0 Å². The molecule has 1 N–H and O–H groups in total. The van der Waals surface area contributed by atoms with Gasteiger partial charge < -0.3 is 9.84 Å². The van der Waals surface area contributed by atoms with Crippen LogP contribution in [0.25, 0.3) is 0 Å². The van der Waals surface area contributed by atoms with Gasteiger partial charge in [-0.05, 0) is 35.4 Å². The lowest BCUT2D eigenvalue weighted by atomic mass is 10.0. The van der Waals surface area contributed by atoms with Crippen molar-refractivity contribution in [3.05, 3.63) is 65.5 Å². The zero-order valence-electron chi connectivity index (χ0n) is 10.1. The molecule has 20 heavy (non-hydrogen) atoms. The summed E-state index contributed by atoms with van der Waals surface area (Å²) in [6.45, 7) is 0. The summed E-state index contributed by atoms with van der Waals surface area (Å²) in [5.41, 5.74) is 0.652. The molecule has 2 nitrogen and oxygen atoms in total. The molecule has 106 valence electrons. The molecule has 6 heteroatoms. The number of hydrogen-bond donors (Lipinski definition) is 1. The molecule has 0 radical (unpaired) electrons. The fraction of sp³-hybridized carbons (Fsp3) is 0.143. The molecule has 0 spiro atoms. The van der Waals surface area contributed by atoms with Crippen molar-refractivity contribution in [1.29, 1.82) is 0 Å². The van der Waals surface area contributed by atoms with Crippen molar-refractivity contribution in [2.45, 2.75) is 12.5 Å². The molecule has 0 fully saturated rings. The van der Waals surface area contributed by atoms with Gasteiger partial charge in [-0.15, -0.1) is 13.2 Å². The van der Waals surface area contributed by atoms with Crippen molar-refractivity contribution in [1.82, 2.24) is 0 Å². The summed E-state index contributed by atoms with van der Waals surface area (Å²) in [4.78, 5) is 0. The van der Waals surface area contributed by atoms with E-state index in [9.17, 15) is 22.7 Å². The highest BCUT2D eigenvalue weighted by atomic mass is 19.4. The van der Waals surface area contributed by atoms with Crippen molar-refractivity contribution < 1.29 is 27.4 Å². The van der Waals surface area contributed by atoms with Crippen LogP contribution in [0.1, 0.15) is 17.2 Å². The molecule has 0 saturated carbocycles. The van der Waals surface area contributed by atoms with Gasteiger partial charge in [-0.3, -0.25) is 0 Å². The molecule has 0 aromatic heterocycles. The standard InChI is InChI=1S/C14H10F4O2/c15-11-3-1-2-10(8-11)13(19)9-4-6-12(7-5-9)20-14(16,17)18/h1-8,13,19H. The summed E-state index contributed by atoms with van der Waals surface area (Å²) >= 11 is 0. The van der Waals surface area contributed by atoms with Crippen LogP contribution in [-0.2, 0) is 0 Å². The third-order valence-electron chi connectivity index (χ3n) is 2.59. The molecule has 0 heterocycles. The predicted octanol–water partition coefficient (Wildman–Crippen LogP) is 3.81. The van der Waals surface area contributed by atoms with E-state index in [0.717, 1.165) is 18.2 Å². The number of halogens is 4. The van der Waals surface area contributed by atoms with Crippen LogP contribution in [0, 0.1) is 5.82 Å². The number of alkyl halides is 3. The molecule has 2 aromatic carbocycles. The Morgan fingerprint density at radius 3 is 2.15 bits per heavy atom. The molecule has 0 aliphatic carbocycles. The molecule has 2 aromatic rings. The smallest absolute Gasteiger partial charge is 0.406 e. The van der Waals surface area contributed by atoms with Crippen LogP contribution >= 0.6 is 0 Å². The summed E-state index contributed by atoms with van der Waals surface area (Å²) in [5.74, 6) is -0.883. The minimum absolute atomic E-state index is 0.314. The van der Waals surface area contributed by atoms with Gasteiger partial charge >= 0.3 is 6.36 Å². The largest absolute Gasteiger partial charge is 0.573 e. The van der Waals surface area contributed by atoms with E-state index in [-0.39, 0.29) is 5.75 Å². The highest BCUT2D eigenvalue weighted by Crippen LogP contribution is 2.27. The molecule has 1 atom stereocenters. The minimum atomic E-state index is -4.76. The average molecular weight is 286 g/mol. The van der Waals surface area contributed by atoms with E-state index in [2.05, 4.69) is 4.74 Å². The van der Waals surface area contributed by atoms with Gasteiger partial charge in [0.1, 0.15) is 17.7 Å². The first-order valence-electron chi connectivity index (χ1n) is 5.64. The van der Waals surface area contributed by atoms with Crippen molar-refractivity contribution in [3.63, 3.8) is 0 Å². The Bertz CT molecular complexity index is 578. The van der Waals surface area contributed by atoms with Gasteiger partial charge in [-0.25, -0.2) is 4.39 Å². The average Bonchev–Trinajstić information content (AvgIpc) is 2.37. The van der Waals surface area contributed by atoms with E-state index in [4.69, 9.17) is 0 Å². The quantitative estimate of drug-likeness (QED) is 0.869. The number of aliphatic hydroxyl groups is 1. The van der Waals surface area contributed by atoms with Crippen molar-refractivity contribution in [2.24, 2.45) is 0 Å². The zero-order chi connectivity index (χ0) is 14.8. The van der Waals surface area contributed by atoms with Crippen LogP contribution in [0.4, 0.5) is 17.6 Å². The predicted molar refractivity (Wildman–Crippen MR) is 63.6 cm³/mol. The summed E-state index contributed by atoms with van der Waals surface area (Å²) in [7, 11) is 0. The van der Waals surface area contributed by atoms with E-state index in [0.29, 0.717) is 11.1 Å². The monoisotopic (exact) mass is 286 g/mol. The Hall–Kier alpha value is -2.08.